The molecule has 0 aliphatic heterocycles. The van der Waals surface area contributed by atoms with Crippen LogP contribution in [0.2, 0.25) is 5.02 Å². The molecule has 6 heteroatoms. The van der Waals surface area contributed by atoms with Gasteiger partial charge in [-0.2, -0.15) is 0 Å². The van der Waals surface area contributed by atoms with Crippen LogP contribution in [0, 0.1) is 0 Å². The molecule has 2 amide bonds. The first-order valence-electron chi connectivity index (χ1n) is 6.43. The van der Waals surface area contributed by atoms with Crippen LogP contribution in [0.4, 0.5) is 5.69 Å². The van der Waals surface area contributed by atoms with Gasteiger partial charge in [-0.3, -0.25) is 9.59 Å². The maximum absolute atomic E-state index is 11.8. The summed E-state index contributed by atoms with van der Waals surface area (Å²) in [6.07, 6.45) is 0.850. The summed E-state index contributed by atoms with van der Waals surface area (Å²) >= 11 is 6.06. The van der Waals surface area contributed by atoms with Gasteiger partial charge in [0, 0.05) is 12.2 Å². The van der Waals surface area contributed by atoms with E-state index >= 15 is 0 Å². The molecular weight excluding hydrogens is 278 g/mol. The van der Waals surface area contributed by atoms with Crippen molar-refractivity contribution in [2.24, 2.45) is 5.73 Å². The van der Waals surface area contributed by atoms with Crippen LogP contribution in [-0.2, 0) is 4.79 Å². The zero-order valence-corrected chi connectivity index (χ0v) is 12.7. The second kappa shape index (κ2) is 6.72. The lowest BCUT2D eigenvalue weighted by molar-refractivity contribution is -0.120. The Labute approximate surface area is 123 Å². The number of halogens is 1. The Hall–Kier alpha value is -1.59. The van der Waals surface area contributed by atoms with E-state index in [0.717, 1.165) is 6.42 Å². The fourth-order valence-electron chi connectivity index (χ4n) is 1.40. The van der Waals surface area contributed by atoms with Gasteiger partial charge in [0.2, 0.25) is 5.91 Å². The van der Waals surface area contributed by atoms with Crippen molar-refractivity contribution in [2.45, 2.75) is 32.7 Å². The van der Waals surface area contributed by atoms with Crippen molar-refractivity contribution >= 4 is 29.1 Å². The van der Waals surface area contributed by atoms with Gasteiger partial charge in [0.05, 0.1) is 16.1 Å². The molecule has 20 heavy (non-hydrogen) atoms. The van der Waals surface area contributed by atoms with Crippen molar-refractivity contribution in [3.05, 3.63) is 28.8 Å². The third-order valence-electron chi connectivity index (χ3n) is 2.59. The standard InChI is InChI=1S/C14H20ClN3O2/c1-4-7-17-12(19)10-6-5-9(8-11(10)15)18-13(20)14(2,3)16/h5-6,8H,4,7,16H2,1-3H3,(H,17,19)(H,18,20). The van der Waals surface area contributed by atoms with Gasteiger partial charge in [-0.05, 0) is 38.5 Å². The van der Waals surface area contributed by atoms with Gasteiger partial charge in [0.25, 0.3) is 5.91 Å². The van der Waals surface area contributed by atoms with E-state index in [-0.39, 0.29) is 16.8 Å². The first kappa shape index (κ1) is 16.5. The minimum atomic E-state index is -0.982. The molecular formula is C14H20ClN3O2. The summed E-state index contributed by atoms with van der Waals surface area (Å²) < 4.78 is 0. The van der Waals surface area contributed by atoms with E-state index in [1.165, 1.54) is 6.07 Å². The number of rotatable bonds is 5. The monoisotopic (exact) mass is 297 g/mol. The smallest absolute Gasteiger partial charge is 0.252 e. The lowest BCUT2D eigenvalue weighted by atomic mass is 10.1. The number of carbonyl (C=O) groups is 2. The highest BCUT2D eigenvalue weighted by Crippen LogP contribution is 2.21. The highest BCUT2D eigenvalue weighted by atomic mass is 35.5. The van der Waals surface area contributed by atoms with Gasteiger partial charge in [0.1, 0.15) is 0 Å². The average Bonchev–Trinajstić information content (AvgIpc) is 2.35. The quantitative estimate of drug-likeness (QED) is 0.778. The fourth-order valence-corrected chi connectivity index (χ4v) is 1.67. The molecule has 0 aliphatic carbocycles. The van der Waals surface area contributed by atoms with Crippen molar-refractivity contribution in [1.82, 2.24) is 5.32 Å². The van der Waals surface area contributed by atoms with E-state index in [1.807, 2.05) is 6.92 Å². The summed E-state index contributed by atoms with van der Waals surface area (Å²) in [5.74, 6) is -0.550. The average molecular weight is 298 g/mol. The highest BCUT2D eigenvalue weighted by molar-refractivity contribution is 6.34. The van der Waals surface area contributed by atoms with Crippen molar-refractivity contribution in [3.8, 4) is 0 Å². The number of hydrogen-bond donors (Lipinski definition) is 3. The zero-order chi connectivity index (χ0) is 15.3. The summed E-state index contributed by atoms with van der Waals surface area (Å²) in [7, 11) is 0. The molecule has 1 rings (SSSR count). The minimum absolute atomic E-state index is 0.228. The van der Waals surface area contributed by atoms with Gasteiger partial charge in [-0.1, -0.05) is 18.5 Å². The molecule has 5 nitrogen and oxygen atoms in total. The van der Waals surface area contributed by atoms with Crippen molar-refractivity contribution in [1.29, 1.82) is 0 Å². The summed E-state index contributed by atoms with van der Waals surface area (Å²) in [5.41, 5.74) is 5.59. The predicted octanol–water partition coefficient (Wildman–Crippen LogP) is 2.16. The Morgan fingerprint density at radius 1 is 1.35 bits per heavy atom. The molecule has 1 aromatic rings. The van der Waals surface area contributed by atoms with Gasteiger partial charge in [-0.25, -0.2) is 0 Å². The largest absolute Gasteiger partial charge is 0.352 e. The summed E-state index contributed by atoms with van der Waals surface area (Å²) in [6, 6.07) is 4.73. The molecule has 0 fully saturated rings. The Morgan fingerprint density at radius 2 is 2.00 bits per heavy atom. The van der Waals surface area contributed by atoms with Crippen LogP contribution in [0.25, 0.3) is 0 Å². The third kappa shape index (κ3) is 4.51. The van der Waals surface area contributed by atoms with Crippen LogP contribution < -0.4 is 16.4 Å². The molecule has 0 unspecified atom stereocenters. The summed E-state index contributed by atoms with van der Waals surface area (Å²) in [5, 5.41) is 5.68. The molecule has 0 atom stereocenters. The van der Waals surface area contributed by atoms with Crippen LogP contribution in [0.5, 0.6) is 0 Å². The number of nitrogens with two attached hydrogens (primary N) is 1. The molecule has 0 saturated heterocycles. The van der Waals surface area contributed by atoms with Gasteiger partial charge in [0.15, 0.2) is 0 Å². The van der Waals surface area contributed by atoms with Crippen LogP contribution in [0.3, 0.4) is 0 Å². The topological polar surface area (TPSA) is 84.2 Å². The SMILES string of the molecule is CCCNC(=O)c1ccc(NC(=O)C(C)(C)N)cc1Cl. The number of nitrogens with one attached hydrogen (secondary N) is 2. The lowest BCUT2D eigenvalue weighted by Gasteiger charge is -2.18. The summed E-state index contributed by atoms with van der Waals surface area (Å²) in [4.78, 5) is 23.6. The maximum Gasteiger partial charge on any atom is 0.252 e. The molecule has 110 valence electrons. The van der Waals surface area contributed by atoms with Crippen LogP contribution in [0.1, 0.15) is 37.6 Å². The van der Waals surface area contributed by atoms with E-state index in [0.29, 0.717) is 17.8 Å². The second-order valence-corrected chi connectivity index (χ2v) is 5.53. The van der Waals surface area contributed by atoms with Crippen molar-refractivity contribution in [3.63, 3.8) is 0 Å². The predicted molar refractivity (Wildman–Crippen MR) is 81.0 cm³/mol. The Kier molecular flexibility index (Phi) is 5.53. The number of amides is 2. The number of benzene rings is 1. The van der Waals surface area contributed by atoms with E-state index in [4.69, 9.17) is 17.3 Å². The van der Waals surface area contributed by atoms with Crippen molar-refractivity contribution < 1.29 is 9.59 Å². The van der Waals surface area contributed by atoms with E-state index in [9.17, 15) is 9.59 Å². The molecule has 0 heterocycles. The normalized spacial score (nSPS) is 11.1. The first-order valence-corrected chi connectivity index (χ1v) is 6.81. The maximum atomic E-state index is 11.8. The number of carbonyl (C=O) groups excluding carboxylic acids is 2. The lowest BCUT2D eigenvalue weighted by Crippen LogP contribution is -2.45. The molecule has 0 radical (unpaired) electrons. The molecule has 0 aliphatic rings. The van der Waals surface area contributed by atoms with Crippen LogP contribution >= 0.6 is 11.6 Å². The van der Waals surface area contributed by atoms with Gasteiger partial charge >= 0.3 is 0 Å². The molecule has 0 saturated carbocycles. The Morgan fingerprint density at radius 3 is 2.50 bits per heavy atom. The van der Waals surface area contributed by atoms with Gasteiger partial charge in [-0.15, -0.1) is 0 Å². The van der Waals surface area contributed by atoms with Gasteiger partial charge < -0.3 is 16.4 Å². The Bertz CT molecular complexity index is 510. The molecule has 0 bridgehead atoms. The van der Waals surface area contributed by atoms with Crippen LogP contribution in [0.15, 0.2) is 18.2 Å². The number of anilines is 1. The molecule has 0 aromatic heterocycles. The zero-order valence-electron chi connectivity index (χ0n) is 11.9. The second-order valence-electron chi connectivity index (χ2n) is 5.13. The fraction of sp³-hybridized carbons (Fsp3) is 0.429. The Balaban J connectivity index is 2.83. The van der Waals surface area contributed by atoms with E-state index < -0.39 is 5.54 Å². The van der Waals surface area contributed by atoms with E-state index in [2.05, 4.69) is 10.6 Å². The number of hydrogen-bond acceptors (Lipinski definition) is 3. The van der Waals surface area contributed by atoms with Crippen molar-refractivity contribution in [2.75, 3.05) is 11.9 Å². The molecule has 1 aromatic carbocycles. The van der Waals surface area contributed by atoms with E-state index in [1.54, 1.807) is 26.0 Å². The minimum Gasteiger partial charge on any atom is -0.352 e. The first-order chi connectivity index (χ1) is 9.25. The molecule has 4 N–H and O–H groups in total. The molecule has 0 spiro atoms. The highest BCUT2D eigenvalue weighted by Gasteiger charge is 2.22. The van der Waals surface area contributed by atoms with Crippen LogP contribution in [-0.4, -0.2) is 23.9 Å². The third-order valence-corrected chi connectivity index (χ3v) is 2.91. The summed E-state index contributed by atoms with van der Waals surface area (Å²) in [6.45, 7) is 5.77.